The van der Waals surface area contributed by atoms with Crippen LogP contribution in [0.15, 0.2) is 41.7 Å². The summed E-state index contributed by atoms with van der Waals surface area (Å²) in [6, 6.07) is 10.2. The van der Waals surface area contributed by atoms with E-state index in [9.17, 15) is 4.79 Å². The fourth-order valence-electron chi connectivity index (χ4n) is 3.00. The highest BCUT2D eigenvalue weighted by Crippen LogP contribution is 2.25. The van der Waals surface area contributed by atoms with E-state index >= 15 is 0 Å². The Morgan fingerprint density at radius 2 is 1.92 bits per heavy atom. The summed E-state index contributed by atoms with van der Waals surface area (Å²) in [5.41, 5.74) is 2.18. The number of morpholine rings is 1. The number of nitrogens with zero attached hydrogens (tertiary/aromatic N) is 3. The summed E-state index contributed by atoms with van der Waals surface area (Å²) in [7, 11) is 1.99. The molecule has 2 aromatic rings. The van der Waals surface area contributed by atoms with E-state index in [1.54, 1.807) is 0 Å². The van der Waals surface area contributed by atoms with E-state index in [1.165, 1.54) is 11.8 Å². The monoisotopic (exact) mass is 345 g/mol. The summed E-state index contributed by atoms with van der Waals surface area (Å²) in [5, 5.41) is 0.858. The first-order chi connectivity index (χ1) is 11.5. The number of carbonyl (C=O) groups excluding carboxylic acids is 1. The number of imidazole rings is 1. The molecular formula is C18H23N3O2S. The lowest BCUT2D eigenvalue weighted by molar-refractivity contribution is -0.140. The molecule has 0 N–H and O–H groups in total. The summed E-state index contributed by atoms with van der Waals surface area (Å²) in [6.45, 7) is 5.35. The largest absolute Gasteiger partial charge is 0.372 e. The minimum absolute atomic E-state index is 0.0977. The van der Waals surface area contributed by atoms with Gasteiger partial charge in [-0.25, -0.2) is 4.98 Å². The maximum absolute atomic E-state index is 12.5. The average Bonchev–Trinajstić information content (AvgIpc) is 2.93. The summed E-state index contributed by atoms with van der Waals surface area (Å²) in [4.78, 5) is 18.8. The van der Waals surface area contributed by atoms with Gasteiger partial charge in [0.15, 0.2) is 5.16 Å². The number of ether oxygens (including phenoxy) is 1. The molecule has 0 aliphatic carbocycles. The van der Waals surface area contributed by atoms with Crippen LogP contribution in [0.25, 0.3) is 11.3 Å². The first-order valence-corrected chi connectivity index (χ1v) is 9.16. The van der Waals surface area contributed by atoms with Gasteiger partial charge in [0.25, 0.3) is 0 Å². The molecule has 1 amide bonds. The molecule has 1 aliphatic heterocycles. The Balaban J connectivity index is 1.63. The van der Waals surface area contributed by atoms with Crippen molar-refractivity contribution in [2.75, 3.05) is 18.8 Å². The molecule has 0 unspecified atom stereocenters. The van der Waals surface area contributed by atoms with E-state index in [0.29, 0.717) is 18.8 Å². The molecule has 3 rings (SSSR count). The summed E-state index contributed by atoms with van der Waals surface area (Å²) >= 11 is 1.49. The summed E-state index contributed by atoms with van der Waals surface area (Å²) < 4.78 is 7.72. The Morgan fingerprint density at radius 3 is 2.58 bits per heavy atom. The Morgan fingerprint density at radius 1 is 1.25 bits per heavy atom. The number of hydrogen-bond donors (Lipinski definition) is 0. The van der Waals surface area contributed by atoms with Gasteiger partial charge in [0.2, 0.25) is 5.91 Å². The normalized spacial score (nSPS) is 21.0. The fourth-order valence-corrected chi connectivity index (χ4v) is 3.86. The lowest BCUT2D eigenvalue weighted by Crippen LogP contribution is -2.48. The highest BCUT2D eigenvalue weighted by molar-refractivity contribution is 7.99. The van der Waals surface area contributed by atoms with Crippen molar-refractivity contribution >= 4 is 17.7 Å². The van der Waals surface area contributed by atoms with Crippen LogP contribution in [0, 0.1) is 0 Å². The van der Waals surface area contributed by atoms with Crippen LogP contribution in [0.1, 0.15) is 13.8 Å². The molecule has 0 radical (unpaired) electrons. The minimum Gasteiger partial charge on any atom is -0.372 e. The Bertz CT molecular complexity index is 692. The molecule has 128 valence electrons. The van der Waals surface area contributed by atoms with Crippen LogP contribution in [0.3, 0.4) is 0 Å². The molecule has 1 saturated heterocycles. The predicted octanol–water partition coefficient (Wildman–Crippen LogP) is 2.82. The van der Waals surface area contributed by atoms with Crippen molar-refractivity contribution in [3.8, 4) is 11.3 Å². The number of thioether (sulfide) groups is 1. The van der Waals surface area contributed by atoms with Gasteiger partial charge in [0, 0.05) is 20.1 Å². The van der Waals surface area contributed by atoms with Crippen molar-refractivity contribution in [1.29, 1.82) is 0 Å². The van der Waals surface area contributed by atoms with Gasteiger partial charge in [-0.1, -0.05) is 42.1 Å². The van der Waals surface area contributed by atoms with E-state index in [1.807, 2.05) is 54.8 Å². The molecule has 0 bridgehead atoms. The lowest BCUT2D eigenvalue weighted by Gasteiger charge is -2.35. The number of carbonyl (C=O) groups is 1. The third-order valence-corrected chi connectivity index (χ3v) is 5.14. The Hall–Kier alpha value is -1.79. The molecule has 2 heterocycles. The van der Waals surface area contributed by atoms with Gasteiger partial charge < -0.3 is 14.2 Å². The van der Waals surface area contributed by atoms with Gasteiger partial charge >= 0.3 is 0 Å². The third-order valence-electron chi connectivity index (χ3n) is 4.11. The number of rotatable bonds is 4. The SMILES string of the molecule is C[C@@H]1CN(C(=O)CSc2ncc(-c3ccccc3)n2C)C[C@@H](C)O1. The second kappa shape index (κ2) is 7.40. The van der Waals surface area contributed by atoms with Crippen molar-refractivity contribution in [1.82, 2.24) is 14.5 Å². The highest BCUT2D eigenvalue weighted by atomic mass is 32.2. The summed E-state index contributed by atoms with van der Waals surface area (Å²) in [6.07, 6.45) is 2.06. The van der Waals surface area contributed by atoms with Crippen molar-refractivity contribution in [2.24, 2.45) is 7.05 Å². The first-order valence-electron chi connectivity index (χ1n) is 8.17. The number of aromatic nitrogens is 2. The smallest absolute Gasteiger partial charge is 0.233 e. The van der Waals surface area contributed by atoms with Gasteiger partial charge in [-0.05, 0) is 19.4 Å². The zero-order valence-corrected chi connectivity index (χ0v) is 15.1. The van der Waals surface area contributed by atoms with Gasteiger partial charge in [-0.15, -0.1) is 0 Å². The van der Waals surface area contributed by atoms with Crippen LogP contribution in [0.4, 0.5) is 0 Å². The van der Waals surface area contributed by atoms with Gasteiger partial charge in [0.05, 0.1) is 29.9 Å². The van der Waals surface area contributed by atoms with Crippen molar-refractivity contribution < 1.29 is 9.53 Å². The molecule has 1 aliphatic rings. The zero-order valence-electron chi connectivity index (χ0n) is 14.3. The topological polar surface area (TPSA) is 47.4 Å². The highest BCUT2D eigenvalue weighted by Gasteiger charge is 2.26. The summed E-state index contributed by atoms with van der Waals surface area (Å²) in [5.74, 6) is 0.546. The van der Waals surface area contributed by atoms with Crippen LogP contribution in [-0.4, -0.2) is 51.4 Å². The quantitative estimate of drug-likeness (QED) is 0.800. The molecule has 24 heavy (non-hydrogen) atoms. The molecule has 0 spiro atoms. The first kappa shape index (κ1) is 17.0. The Kier molecular flexibility index (Phi) is 5.26. The molecule has 6 heteroatoms. The molecule has 1 aromatic heterocycles. The standard InChI is InChI=1S/C18H23N3O2S/c1-13-10-21(11-14(2)23-13)17(22)12-24-18-19-9-16(20(18)3)15-7-5-4-6-8-15/h4-9,13-14H,10-12H2,1-3H3/t13-,14-/m1/s1. The fraction of sp³-hybridized carbons (Fsp3) is 0.444. The van der Waals surface area contributed by atoms with Gasteiger partial charge in [-0.2, -0.15) is 0 Å². The van der Waals surface area contributed by atoms with Gasteiger partial charge in [0.1, 0.15) is 0 Å². The molecule has 1 aromatic carbocycles. The predicted molar refractivity (Wildman–Crippen MR) is 96.0 cm³/mol. The molecular weight excluding hydrogens is 322 g/mol. The molecule has 1 fully saturated rings. The van der Waals surface area contributed by atoms with Crippen LogP contribution in [-0.2, 0) is 16.6 Å². The second-order valence-electron chi connectivity index (χ2n) is 6.20. The van der Waals surface area contributed by atoms with E-state index < -0.39 is 0 Å². The lowest BCUT2D eigenvalue weighted by atomic mass is 10.2. The van der Waals surface area contributed by atoms with E-state index in [0.717, 1.165) is 16.4 Å². The van der Waals surface area contributed by atoms with Crippen LogP contribution >= 0.6 is 11.8 Å². The molecule has 5 nitrogen and oxygen atoms in total. The number of benzene rings is 1. The van der Waals surface area contributed by atoms with Crippen LogP contribution < -0.4 is 0 Å². The third kappa shape index (κ3) is 3.82. The number of amides is 1. The second-order valence-corrected chi connectivity index (χ2v) is 7.14. The maximum Gasteiger partial charge on any atom is 0.233 e. The van der Waals surface area contributed by atoms with Crippen molar-refractivity contribution in [3.63, 3.8) is 0 Å². The van der Waals surface area contributed by atoms with Crippen LogP contribution in [0.2, 0.25) is 0 Å². The van der Waals surface area contributed by atoms with E-state index in [-0.39, 0.29) is 18.1 Å². The van der Waals surface area contributed by atoms with Gasteiger partial charge in [-0.3, -0.25) is 4.79 Å². The maximum atomic E-state index is 12.5. The average molecular weight is 345 g/mol. The molecule has 0 saturated carbocycles. The number of hydrogen-bond acceptors (Lipinski definition) is 4. The molecule has 2 atom stereocenters. The van der Waals surface area contributed by atoms with Crippen LogP contribution in [0.5, 0.6) is 0 Å². The van der Waals surface area contributed by atoms with Crippen molar-refractivity contribution in [3.05, 3.63) is 36.5 Å². The van der Waals surface area contributed by atoms with Crippen molar-refractivity contribution in [2.45, 2.75) is 31.2 Å². The minimum atomic E-state index is 0.0977. The van der Waals surface area contributed by atoms with E-state index in [4.69, 9.17) is 4.74 Å². The Labute approximate surface area is 147 Å². The van der Waals surface area contributed by atoms with E-state index in [2.05, 4.69) is 17.1 Å². The zero-order chi connectivity index (χ0) is 17.1.